The molecule has 0 fully saturated rings. The van der Waals surface area contributed by atoms with Crippen LogP contribution in [-0.4, -0.2) is 21.3 Å². The Morgan fingerprint density at radius 2 is 1.48 bits per heavy atom. The molecule has 4 rings (SSSR count). The maximum absolute atomic E-state index is 12.5. The van der Waals surface area contributed by atoms with E-state index in [0.717, 1.165) is 12.4 Å². The topological polar surface area (TPSA) is 46.2 Å². The molecule has 2 aromatic carbocycles. The first kappa shape index (κ1) is 15.3. The molecule has 0 saturated heterocycles. The number of benzene rings is 2. The zero-order chi connectivity index (χ0) is 17.4. The van der Waals surface area contributed by atoms with Crippen molar-refractivity contribution >= 4 is 11.8 Å². The van der Waals surface area contributed by atoms with E-state index in [1.54, 1.807) is 24.3 Å². The molecule has 3 aromatic rings. The molecule has 5 nitrogen and oxygen atoms in total. The fourth-order valence-corrected chi connectivity index (χ4v) is 3.16. The molecule has 0 radical (unpaired) electrons. The summed E-state index contributed by atoms with van der Waals surface area (Å²) in [4.78, 5) is 26.3. The van der Waals surface area contributed by atoms with Gasteiger partial charge in [-0.1, -0.05) is 42.5 Å². The lowest BCUT2D eigenvalue weighted by Crippen LogP contribution is -2.47. The quantitative estimate of drug-likeness (QED) is 0.544. The lowest BCUT2D eigenvalue weighted by atomic mass is 10.1. The number of carbonyl (C=O) groups is 2. The van der Waals surface area contributed by atoms with Crippen molar-refractivity contribution in [2.24, 2.45) is 0 Å². The molecular weight excluding hydrogens is 314 g/mol. The van der Waals surface area contributed by atoms with E-state index < -0.39 is 0 Å². The number of hydrogen-bond donors (Lipinski definition) is 0. The maximum Gasteiger partial charge on any atom is 0.264 e. The summed E-state index contributed by atoms with van der Waals surface area (Å²) in [5, 5.41) is 0. The van der Waals surface area contributed by atoms with Crippen LogP contribution in [0.15, 0.2) is 67.0 Å². The van der Waals surface area contributed by atoms with E-state index in [0.29, 0.717) is 11.1 Å². The standard InChI is InChI=1S/C20H18N3O2/c1-15-21(13-16-7-3-2-4-8-16)11-12-22(15)14-23-19(24)17-9-5-6-10-18(17)20(23)25/h2-12H,13-14H2,1H3/q+1. The molecule has 0 bridgehead atoms. The normalized spacial score (nSPS) is 13.4. The Bertz CT molecular complexity index is 925. The van der Waals surface area contributed by atoms with Crippen LogP contribution in [0.5, 0.6) is 0 Å². The summed E-state index contributed by atoms with van der Waals surface area (Å²) >= 11 is 0. The Balaban J connectivity index is 1.57. The van der Waals surface area contributed by atoms with E-state index in [-0.39, 0.29) is 18.5 Å². The zero-order valence-electron chi connectivity index (χ0n) is 13.9. The second kappa shape index (κ2) is 6.02. The van der Waals surface area contributed by atoms with Crippen molar-refractivity contribution in [3.63, 3.8) is 0 Å². The third kappa shape index (κ3) is 2.63. The summed E-state index contributed by atoms with van der Waals surface area (Å²) in [6.07, 6.45) is 3.88. The Kier molecular flexibility index (Phi) is 3.69. The van der Waals surface area contributed by atoms with Crippen LogP contribution in [0.3, 0.4) is 0 Å². The van der Waals surface area contributed by atoms with E-state index in [9.17, 15) is 9.59 Å². The lowest BCUT2D eigenvalue weighted by molar-refractivity contribution is -0.714. The van der Waals surface area contributed by atoms with Gasteiger partial charge in [-0.05, 0) is 17.7 Å². The molecule has 0 spiro atoms. The molecular formula is C20H18N3O2+. The zero-order valence-corrected chi connectivity index (χ0v) is 13.9. The SMILES string of the molecule is Cc1n(Cc2ccccc2)cc[n+]1CN1C(=O)c2ccccc2C1=O. The third-order valence-corrected chi connectivity index (χ3v) is 4.63. The molecule has 5 heteroatoms. The van der Waals surface area contributed by atoms with Crippen molar-refractivity contribution in [3.05, 3.63) is 89.5 Å². The monoisotopic (exact) mass is 332 g/mol. The van der Waals surface area contributed by atoms with Crippen molar-refractivity contribution in [3.8, 4) is 0 Å². The number of carbonyl (C=O) groups excluding carboxylic acids is 2. The molecule has 25 heavy (non-hydrogen) atoms. The van der Waals surface area contributed by atoms with Gasteiger partial charge < -0.3 is 0 Å². The van der Waals surface area contributed by atoms with Gasteiger partial charge in [-0.3, -0.25) is 9.59 Å². The van der Waals surface area contributed by atoms with Crippen LogP contribution in [0.1, 0.15) is 32.1 Å². The fourth-order valence-electron chi connectivity index (χ4n) is 3.16. The Labute approximate surface area is 145 Å². The van der Waals surface area contributed by atoms with Gasteiger partial charge >= 0.3 is 0 Å². The van der Waals surface area contributed by atoms with Gasteiger partial charge in [0.2, 0.25) is 0 Å². The van der Waals surface area contributed by atoms with E-state index in [1.807, 2.05) is 42.1 Å². The number of rotatable bonds is 4. The van der Waals surface area contributed by atoms with Gasteiger partial charge in [-0.25, -0.2) is 14.0 Å². The first-order valence-corrected chi connectivity index (χ1v) is 8.19. The van der Waals surface area contributed by atoms with Gasteiger partial charge in [0.25, 0.3) is 17.6 Å². The summed E-state index contributed by atoms with van der Waals surface area (Å²) in [5.74, 6) is 0.520. The number of aromatic nitrogens is 2. The van der Waals surface area contributed by atoms with Crippen molar-refractivity contribution in [2.45, 2.75) is 20.1 Å². The van der Waals surface area contributed by atoms with Crippen LogP contribution >= 0.6 is 0 Å². The summed E-state index contributed by atoms with van der Waals surface area (Å²) < 4.78 is 4.03. The first-order valence-electron chi connectivity index (χ1n) is 8.19. The summed E-state index contributed by atoms with van der Waals surface area (Å²) in [6, 6.07) is 17.1. The van der Waals surface area contributed by atoms with Crippen molar-refractivity contribution in [1.29, 1.82) is 0 Å². The molecule has 1 aliphatic rings. The summed E-state index contributed by atoms with van der Waals surface area (Å²) in [7, 11) is 0. The maximum atomic E-state index is 12.5. The minimum absolute atomic E-state index is 0.222. The van der Waals surface area contributed by atoms with Gasteiger partial charge in [-0.2, -0.15) is 0 Å². The molecule has 0 aliphatic carbocycles. The number of fused-ring (bicyclic) bond motifs is 1. The van der Waals surface area contributed by atoms with Crippen LogP contribution in [0.4, 0.5) is 0 Å². The molecule has 0 atom stereocenters. The lowest BCUT2D eigenvalue weighted by Gasteiger charge is -2.11. The van der Waals surface area contributed by atoms with Crippen molar-refractivity contribution in [1.82, 2.24) is 9.47 Å². The average Bonchev–Trinajstić information content (AvgIpc) is 3.10. The van der Waals surface area contributed by atoms with Crippen molar-refractivity contribution in [2.75, 3.05) is 0 Å². The van der Waals surface area contributed by atoms with Gasteiger partial charge in [0, 0.05) is 6.92 Å². The summed E-state index contributed by atoms with van der Waals surface area (Å²) in [5.41, 5.74) is 2.16. The Morgan fingerprint density at radius 1 is 0.880 bits per heavy atom. The first-order chi connectivity index (χ1) is 12.1. The van der Waals surface area contributed by atoms with Gasteiger partial charge in [-0.15, -0.1) is 0 Å². The Morgan fingerprint density at radius 3 is 2.12 bits per heavy atom. The van der Waals surface area contributed by atoms with Gasteiger partial charge in [0.15, 0.2) is 6.67 Å². The largest absolute Gasteiger partial charge is 0.268 e. The highest BCUT2D eigenvalue weighted by atomic mass is 16.2. The van der Waals surface area contributed by atoms with E-state index in [1.165, 1.54) is 10.5 Å². The van der Waals surface area contributed by atoms with Gasteiger partial charge in [0.05, 0.1) is 11.1 Å². The average molecular weight is 332 g/mol. The third-order valence-electron chi connectivity index (χ3n) is 4.63. The number of imidazole rings is 1. The van der Waals surface area contributed by atoms with Crippen LogP contribution in [0, 0.1) is 6.92 Å². The predicted molar refractivity (Wildman–Crippen MR) is 91.9 cm³/mol. The highest BCUT2D eigenvalue weighted by molar-refractivity contribution is 6.21. The van der Waals surface area contributed by atoms with Crippen LogP contribution in [0.25, 0.3) is 0 Å². The second-order valence-corrected chi connectivity index (χ2v) is 6.15. The second-order valence-electron chi connectivity index (χ2n) is 6.15. The van der Waals surface area contributed by atoms with E-state index >= 15 is 0 Å². The van der Waals surface area contributed by atoms with Crippen LogP contribution in [-0.2, 0) is 13.2 Å². The summed E-state index contributed by atoms with van der Waals surface area (Å²) in [6.45, 7) is 2.96. The number of imide groups is 1. The molecule has 1 aromatic heterocycles. The van der Waals surface area contributed by atoms with E-state index in [2.05, 4.69) is 16.7 Å². The minimum atomic E-state index is -0.233. The number of hydrogen-bond acceptors (Lipinski definition) is 2. The molecule has 0 saturated carbocycles. The Hall–Kier alpha value is -3.21. The number of nitrogens with zero attached hydrogens (tertiary/aromatic N) is 3. The van der Waals surface area contributed by atoms with Crippen LogP contribution < -0.4 is 4.57 Å². The van der Waals surface area contributed by atoms with E-state index in [4.69, 9.17) is 0 Å². The molecule has 124 valence electrons. The molecule has 1 aliphatic heterocycles. The van der Waals surface area contributed by atoms with Crippen molar-refractivity contribution < 1.29 is 14.2 Å². The highest BCUT2D eigenvalue weighted by Gasteiger charge is 2.36. The highest BCUT2D eigenvalue weighted by Crippen LogP contribution is 2.22. The molecule has 2 amide bonds. The minimum Gasteiger partial charge on any atom is -0.268 e. The van der Waals surface area contributed by atoms with Crippen LogP contribution in [0.2, 0.25) is 0 Å². The molecule has 0 N–H and O–H groups in total. The number of amides is 2. The molecule has 2 heterocycles. The van der Waals surface area contributed by atoms with Gasteiger partial charge in [0.1, 0.15) is 18.9 Å². The molecule has 0 unspecified atom stereocenters. The smallest absolute Gasteiger partial charge is 0.264 e. The fraction of sp³-hybridized carbons (Fsp3) is 0.150. The predicted octanol–water partition coefficient (Wildman–Crippen LogP) is 2.39.